The normalized spacial score (nSPS) is 32.0. The zero-order valence-electron chi connectivity index (χ0n) is 43.8. The number of esters is 1. The van der Waals surface area contributed by atoms with Gasteiger partial charge in [-0.2, -0.15) is 0 Å². The maximum Gasteiger partial charge on any atom is 0.315 e. The summed E-state index contributed by atoms with van der Waals surface area (Å²) in [5, 5.41) is 54.2. The zero-order valence-corrected chi connectivity index (χ0v) is 43.8. The van der Waals surface area contributed by atoms with Crippen LogP contribution in [0.5, 0.6) is 17.2 Å². The van der Waals surface area contributed by atoms with Crippen molar-refractivity contribution >= 4 is 40.0 Å². The lowest BCUT2D eigenvalue weighted by Gasteiger charge is -2.38. The number of piperidine rings is 2. The summed E-state index contributed by atoms with van der Waals surface area (Å²) in [5.41, 5.74) is -0.229. The maximum atomic E-state index is 14.9. The standard InChI is InChI=1S/C54H76N6O12/c1-28(2)26-60-21-18-54(19-22-60)57-42-39-40-47(65)34(8)50-41(39)51(67)53(9,72-50)70-23-17-36(69-11)31(5)49(71-38(62)24-37(61)55-25-35-16-13-20-59(10)27-35)33(7)46(64)32(6)45(63)29(3)14-12-15-30(4)52(68)56-44(48(40)66)43(42)58-54/h12,14-15,17,23,28-29,31-33,35-36,45-46,49,57,63-66H,13,16,18-22,24-27H2,1-11H3,(H,55,61)/b14-12+,23-17+,30-15-,56-44?/t29-,31+,32+,33+,35?,36-,45-,46+,49+,53-/m0/s1. The first-order valence-corrected chi connectivity index (χ1v) is 25.5. The molecule has 6 aliphatic heterocycles. The molecular weight excluding hydrogens is 925 g/mol. The van der Waals surface area contributed by atoms with Crippen molar-refractivity contribution in [1.29, 1.82) is 0 Å². The first kappa shape index (κ1) is 54.4. The van der Waals surface area contributed by atoms with Crippen LogP contribution in [0.25, 0.3) is 10.8 Å². The number of ether oxygens (including phenoxy) is 4. The lowest BCUT2D eigenvalue weighted by atomic mass is 9.78. The molecule has 72 heavy (non-hydrogen) atoms. The summed E-state index contributed by atoms with van der Waals surface area (Å²) in [6.45, 7) is 20.3. The number of carbonyl (C=O) groups excluding carboxylic acids is 4. The minimum atomic E-state index is -2.01. The first-order valence-electron chi connectivity index (χ1n) is 25.5. The molecule has 2 saturated heterocycles. The fourth-order valence-electron chi connectivity index (χ4n) is 11.1. The number of carbonyl (C=O) groups is 4. The highest BCUT2D eigenvalue weighted by Crippen LogP contribution is 2.51. The molecule has 0 radical (unpaired) electrons. The van der Waals surface area contributed by atoms with Crippen LogP contribution >= 0.6 is 0 Å². The number of fused-ring (bicyclic) bond motifs is 13. The van der Waals surface area contributed by atoms with E-state index in [0.717, 1.165) is 32.5 Å². The van der Waals surface area contributed by atoms with Crippen LogP contribution in [0.3, 0.4) is 0 Å². The molecule has 2 aromatic rings. The summed E-state index contributed by atoms with van der Waals surface area (Å²) < 4.78 is 24.6. The van der Waals surface area contributed by atoms with Gasteiger partial charge in [0.25, 0.3) is 11.7 Å². The van der Waals surface area contributed by atoms with Crippen molar-refractivity contribution < 1.29 is 58.6 Å². The summed E-state index contributed by atoms with van der Waals surface area (Å²) in [6, 6.07) is 0. The number of phenolic OH excluding ortho intramolecular Hbond substituents is 2. The highest BCUT2D eigenvalue weighted by Gasteiger charge is 2.51. The minimum Gasteiger partial charge on any atom is -0.507 e. The van der Waals surface area contributed by atoms with Gasteiger partial charge in [0.2, 0.25) is 5.91 Å². The SMILES string of the molecule is CO[C@H]1/C=C/O[C@@]2(C)Oc3c(C)c(O)c4c(O)c(c5c(c4c3C2=O)NC2(CCN(CC(C)C)CC2)N=5)=NC(=O)/C(C)=C\C=C\[C@H](C)[C@H](O)[C@@H](C)[C@@H](O)[C@@H](C)[C@H](OC(=O)CC(=O)NCC2CCCN(C)C2)[C@@H]1C. The minimum absolute atomic E-state index is 0.0280. The Labute approximate surface area is 422 Å². The van der Waals surface area contributed by atoms with Gasteiger partial charge in [-0.05, 0) is 58.2 Å². The number of hydrogen-bond donors (Lipinski definition) is 6. The van der Waals surface area contributed by atoms with Crippen LogP contribution in [0.1, 0.15) is 103 Å². The lowest BCUT2D eigenvalue weighted by Crippen LogP contribution is -2.47. The molecule has 6 N–H and O–H groups in total. The number of aliphatic hydroxyl groups excluding tert-OH is 2. The number of anilines is 1. The number of hydrogen-bond acceptors (Lipinski definition) is 16. The molecule has 6 heterocycles. The van der Waals surface area contributed by atoms with Crippen LogP contribution in [0.4, 0.5) is 5.69 Å². The van der Waals surface area contributed by atoms with Gasteiger partial charge in [0.05, 0.1) is 41.2 Å². The van der Waals surface area contributed by atoms with Gasteiger partial charge in [-0.3, -0.25) is 24.2 Å². The molecule has 2 aromatic carbocycles. The molecule has 5 bridgehead atoms. The van der Waals surface area contributed by atoms with Crippen LogP contribution in [0, 0.1) is 42.4 Å². The molecule has 8 rings (SSSR count). The summed E-state index contributed by atoms with van der Waals surface area (Å²) in [4.78, 5) is 69.8. The van der Waals surface area contributed by atoms with E-state index in [9.17, 15) is 39.6 Å². The molecule has 18 heteroatoms. The van der Waals surface area contributed by atoms with E-state index in [1.54, 1.807) is 53.7 Å². The summed E-state index contributed by atoms with van der Waals surface area (Å²) in [5.74, 6) is -7.68. The number of ketones is 1. The molecule has 0 aliphatic carbocycles. The summed E-state index contributed by atoms with van der Waals surface area (Å²) in [7, 11) is 3.48. The van der Waals surface area contributed by atoms with Crippen molar-refractivity contribution in [2.45, 2.75) is 130 Å². The largest absolute Gasteiger partial charge is 0.507 e. The van der Waals surface area contributed by atoms with Crippen molar-refractivity contribution in [3.05, 3.63) is 58.0 Å². The number of rotatable bonds is 8. The second-order valence-corrected chi connectivity index (χ2v) is 21.6. The Bertz CT molecular complexity index is 2640. The van der Waals surface area contributed by atoms with Crippen molar-refractivity contribution in [1.82, 2.24) is 15.1 Å². The fourth-order valence-corrected chi connectivity index (χ4v) is 11.1. The predicted octanol–water partition coefficient (Wildman–Crippen LogP) is 4.58. The van der Waals surface area contributed by atoms with Gasteiger partial charge in [0.1, 0.15) is 40.4 Å². The van der Waals surface area contributed by atoms with Gasteiger partial charge in [0.15, 0.2) is 5.75 Å². The number of likely N-dealkylation sites (tertiary alicyclic amines) is 2. The Morgan fingerprint density at radius 2 is 1.68 bits per heavy atom. The number of benzene rings is 2. The first-order chi connectivity index (χ1) is 34.0. The zero-order chi connectivity index (χ0) is 52.6. The van der Waals surface area contributed by atoms with Gasteiger partial charge < -0.3 is 59.8 Å². The van der Waals surface area contributed by atoms with E-state index in [0.29, 0.717) is 44.1 Å². The predicted molar refractivity (Wildman–Crippen MR) is 270 cm³/mol. The third-order valence-electron chi connectivity index (χ3n) is 15.5. The van der Waals surface area contributed by atoms with E-state index < -0.39 is 101 Å². The number of phenols is 2. The second kappa shape index (κ2) is 22.0. The van der Waals surface area contributed by atoms with Gasteiger partial charge in [-0.1, -0.05) is 59.8 Å². The van der Waals surface area contributed by atoms with Crippen LogP contribution in [-0.2, 0) is 28.6 Å². The molecule has 1 spiro atoms. The molecule has 10 atom stereocenters. The van der Waals surface area contributed by atoms with Crippen LogP contribution in [0.15, 0.2) is 46.1 Å². The molecule has 394 valence electrons. The van der Waals surface area contributed by atoms with Gasteiger partial charge in [-0.15, -0.1) is 0 Å². The Morgan fingerprint density at radius 3 is 2.35 bits per heavy atom. The topological polar surface area (TPSA) is 241 Å². The number of amides is 2. The number of nitrogens with one attached hydrogen (secondary N) is 2. The summed E-state index contributed by atoms with van der Waals surface area (Å²) >= 11 is 0. The molecule has 0 saturated carbocycles. The highest BCUT2D eigenvalue weighted by atomic mass is 16.7. The van der Waals surface area contributed by atoms with Crippen molar-refractivity contribution in [3.8, 4) is 17.2 Å². The number of allylic oxidation sites excluding steroid dienone is 2. The number of aliphatic hydroxyl groups is 2. The van der Waals surface area contributed by atoms with E-state index >= 15 is 0 Å². The number of methoxy groups -OCH3 is 1. The van der Waals surface area contributed by atoms with Crippen molar-refractivity contribution in [2.75, 3.05) is 58.7 Å². The van der Waals surface area contributed by atoms with E-state index in [4.69, 9.17) is 23.9 Å². The van der Waals surface area contributed by atoms with E-state index in [1.807, 2.05) is 7.05 Å². The molecule has 1 unspecified atom stereocenters. The number of aromatic hydroxyl groups is 2. The van der Waals surface area contributed by atoms with Crippen molar-refractivity contribution in [3.63, 3.8) is 0 Å². The monoisotopic (exact) mass is 1000 g/mol. The van der Waals surface area contributed by atoms with E-state index in [-0.39, 0.29) is 49.9 Å². The second-order valence-electron chi connectivity index (χ2n) is 21.6. The van der Waals surface area contributed by atoms with E-state index in [1.165, 1.54) is 32.4 Å². The van der Waals surface area contributed by atoms with Gasteiger partial charge >= 0.3 is 11.8 Å². The summed E-state index contributed by atoms with van der Waals surface area (Å²) in [6.07, 6.45) is 5.88. The number of Topliss-reactive ketones (excluding diaryl/α,β-unsaturated/α-hetero) is 1. The smallest absolute Gasteiger partial charge is 0.315 e. The van der Waals surface area contributed by atoms with Gasteiger partial charge in [0, 0.05) is 99.8 Å². The Hall–Kier alpha value is -5.40. The quantitative estimate of drug-likeness (QED) is 0.121. The lowest BCUT2D eigenvalue weighted by molar-refractivity contribution is -0.164. The molecule has 2 fully saturated rings. The van der Waals surface area contributed by atoms with E-state index in [2.05, 4.69) is 39.3 Å². The van der Waals surface area contributed by atoms with Crippen LogP contribution < -0.4 is 26.1 Å². The Balaban J connectivity index is 1.28. The fraction of sp³-hybridized carbons (Fsp3) is 0.630. The molecular formula is C54H76N6O12. The molecule has 6 aliphatic rings. The average Bonchev–Trinajstić information content (AvgIpc) is 3.84. The number of nitrogens with zero attached hydrogens (tertiary/aromatic N) is 4. The molecule has 18 nitrogen and oxygen atoms in total. The van der Waals surface area contributed by atoms with Crippen molar-refractivity contribution in [2.24, 2.45) is 45.5 Å². The third kappa shape index (κ3) is 11.1. The third-order valence-corrected chi connectivity index (χ3v) is 15.5. The average molecular weight is 1000 g/mol. The highest BCUT2D eigenvalue weighted by molar-refractivity contribution is 6.21. The Morgan fingerprint density at radius 1 is 0.972 bits per heavy atom. The molecule has 2 amide bonds. The van der Waals surface area contributed by atoms with Gasteiger partial charge in [-0.25, -0.2) is 4.99 Å². The Kier molecular flexibility index (Phi) is 16.6. The van der Waals surface area contributed by atoms with Crippen LogP contribution in [-0.4, -0.2) is 143 Å². The molecule has 0 aromatic heterocycles. The van der Waals surface area contributed by atoms with Crippen LogP contribution in [0.2, 0.25) is 0 Å². The maximum absolute atomic E-state index is 14.9.